The van der Waals surface area contributed by atoms with E-state index in [0.717, 1.165) is 48.6 Å². The molecule has 1 aliphatic heterocycles. The Morgan fingerprint density at radius 1 is 1.07 bits per heavy atom. The van der Waals surface area contributed by atoms with Crippen LogP contribution >= 0.6 is 0 Å². The van der Waals surface area contributed by atoms with Crippen LogP contribution in [-0.4, -0.2) is 54.0 Å². The Labute approximate surface area is 242 Å². The molecule has 6 rings (SSSR count). The molecule has 2 heterocycles. The van der Waals surface area contributed by atoms with Gasteiger partial charge in [-0.3, -0.25) is 4.79 Å². The number of H-pyrrole nitrogens is 1. The Morgan fingerprint density at radius 3 is 2.66 bits per heavy atom. The van der Waals surface area contributed by atoms with E-state index in [1.165, 1.54) is 17.5 Å². The third-order valence-corrected chi connectivity index (χ3v) is 9.98. The summed E-state index contributed by atoms with van der Waals surface area (Å²) in [4.78, 5) is 32.7. The van der Waals surface area contributed by atoms with Gasteiger partial charge in [-0.25, -0.2) is 4.79 Å². The number of para-hydroxylation sites is 1. The minimum absolute atomic E-state index is 0.00284. The van der Waals surface area contributed by atoms with Crippen LogP contribution in [0.25, 0.3) is 17.0 Å². The molecule has 3 aliphatic rings. The first-order valence-corrected chi connectivity index (χ1v) is 15.4. The number of nitrogens with one attached hydrogen (secondary N) is 3. The van der Waals surface area contributed by atoms with Crippen molar-refractivity contribution in [1.82, 2.24) is 20.5 Å². The Balaban J connectivity index is 1.16. The number of aromatic amines is 1. The summed E-state index contributed by atoms with van der Waals surface area (Å²) in [6.45, 7) is 4.68. The van der Waals surface area contributed by atoms with Crippen molar-refractivity contribution in [2.75, 3.05) is 26.2 Å². The van der Waals surface area contributed by atoms with Crippen LogP contribution in [0.2, 0.25) is 0 Å². The smallest absolute Gasteiger partial charge is 0.318 e. The Hall–Kier alpha value is -3.58. The topological polar surface area (TPSA) is 103 Å². The Kier molecular flexibility index (Phi) is 7.89. The zero-order valence-electron chi connectivity index (χ0n) is 24.1. The molecule has 216 valence electrons. The fourth-order valence-electron chi connectivity index (χ4n) is 7.43. The molecular weight excluding hydrogens is 510 g/mol. The highest BCUT2D eigenvalue weighted by atomic mass is 16.2. The minimum atomic E-state index is -0.682. The van der Waals surface area contributed by atoms with Crippen LogP contribution in [0.1, 0.15) is 68.1 Å². The molecule has 2 fully saturated rings. The fourth-order valence-corrected chi connectivity index (χ4v) is 7.43. The minimum Gasteiger partial charge on any atom is -0.361 e. The molecule has 41 heavy (non-hydrogen) atoms. The van der Waals surface area contributed by atoms with Gasteiger partial charge in [0, 0.05) is 48.1 Å². The number of hydrogen-bond donors (Lipinski definition) is 4. The maximum Gasteiger partial charge on any atom is 0.318 e. The van der Waals surface area contributed by atoms with Crippen LogP contribution in [-0.2, 0) is 10.2 Å². The number of aromatic nitrogens is 1. The normalized spacial score (nSPS) is 22.8. The molecule has 3 amide bonds. The molecule has 3 aromatic rings. The van der Waals surface area contributed by atoms with Gasteiger partial charge in [0.25, 0.3) is 0 Å². The third-order valence-electron chi connectivity index (χ3n) is 9.98. The van der Waals surface area contributed by atoms with E-state index in [4.69, 9.17) is 5.73 Å². The molecule has 5 N–H and O–H groups in total. The summed E-state index contributed by atoms with van der Waals surface area (Å²) in [7, 11) is 0. The highest BCUT2D eigenvalue weighted by Gasteiger charge is 2.40. The number of likely N-dealkylation sites (tertiary alicyclic amines) is 1. The molecule has 0 unspecified atom stereocenters. The van der Waals surface area contributed by atoms with Crippen molar-refractivity contribution >= 4 is 28.9 Å². The van der Waals surface area contributed by atoms with Crippen LogP contribution in [0.3, 0.4) is 0 Å². The molecule has 0 radical (unpaired) electrons. The Morgan fingerprint density at radius 2 is 1.83 bits per heavy atom. The predicted octanol–water partition coefficient (Wildman–Crippen LogP) is 5.29. The average Bonchev–Trinajstić information content (AvgIpc) is 3.61. The maximum absolute atomic E-state index is 13.8. The summed E-state index contributed by atoms with van der Waals surface area (Å²) < 4.78 is 0. The summed E-state index contributed by atoms with van der Waals surface area (Å²) in [5.41, 5.74) is 10.7. The summed E-state index contributed by atoms with van der Waals surface area (Å²) in [5, 5.41) is 7.46. The molecule has 4 atom stereocenters. The summed E-state index contributed by atoms with van der Waals surface area (Å²) in [5.74, 6) is 0.642. The van der Waals surface area contributed by atoms with E-state index in [9.17, 15) is 9.59 Å². The molecule has 1 saturated carbocycles. The number of nitrogens with zero attached hydrogens (tertiary/aromatic N) is 1. The lowest BCUT2D eigenvalue weighted by Gasteiger charge is -2.40. The van der Waals surface area contributed by atoms with Gasteiger partial charge in [-0.05, 0) is 73.2 Å². The summed E-state index contributed by atoms with van der Waals surface area (Å²) in [6.07, 6.45) is 12.8. The lowest BCUT2D eigenvalue weighted by Crippen LogP contribution is -2.55. The first-order chi connectivity index (χ1) is 20.0. The lowest BCUT2D eigenvalue weighted by molar-refractivity contribution is -0.123. The van der Waals surface area contributed by atoms with Crippen molar-refractivity contribution in [1.29, 1.82) is 0 Å². The number of fused-ring (bicyclic) bond motifs is 3. The molecule has 2 aliphatic carbocycles. The highest BCUT2D eigenvalue weighted by Crippen LogP contribution is 2.43. The molecule has 1 spiro atoms. The first kappa shape index (κ1) is 27.6. The van der Waals surface area contributed by atoms with Gasteiger partial charge in [-0.15, -0.1) is 0 Å². The highest BCUT2D eigenvalue weighted by molar-refractivity contribution is 5.90. The number of allylic oxidation sites excluding steroid dienone is 1. The van der Waals surface area contributed by atoms with Gasteiger partial charge in [0.1, 0.15) is 6.04 Å². The van der Waals surface area contributed by atoms with Gasteiger partial charge in [0.15, 0.2) is 0 Å². The number of carbonyl (C=O) groups is 2. The quantitative estimate of drug-likeness (QED) is 0.320. The number of hydrogen-bond acceptors (Lipinski definition) is 3. The zero-order chi connectivity index (χ0) is 28.4. The number of urea groups is 1. The monoisotopic (exact) mass is 553 g/mol. The van der Waals surface area contributed by atoms with Gasteiger partial charge < -0.3 is 26.3 Å². The van der Waals surface area contributed by atoms with Gasteiger partial charge >= 0.3 is 6.03 Å². The second-order valence-corrected chi connectivity index (χ2v) is 12.4. The van der Waals surface area contributed by atoms with E-state index < -0.39 is 6.04 Å². The zero-order valence-corrected chi connectivity index (χ0v) is 24.1. The largest absolute Gasteiger partial charge is 0.361 e. The third kappa shape index (κ3) is 5.52. The molecular formula is C34H43N5O2. The molecule has 7 nitrogen and oxygen atoms in total. The van der Waals surface area contributed by atoms with Crippen molar-refractivity contribution in [3.63, 3.8) is 0 Å². The van der Waals surface area contributed by atoms with E-state index in [0.29, 0.717) is 38.0 Å². The van der Waals surface area contributed by atoms with Crippen LogP contribution in [0, 0.1) is 11.8 Å². The molecule has 1 aromatic heterocycles. The van der Waals surface area contributed by atoms with Crippen molar-refractivity contribution in [2.45, 2.75) is 62.8 Å². The van der Waals surface area contributed by atoms with Crippen LogP contribution in [0.5, 0.6) is 0 Å². The maximum atomic E-state index is 13.8. The average molecular weight is 554 g/mol. The second kappa shape index (κ2) is 11.7. The van der Waals surface area contributed by atoms with Crippen LogP contribution in [0.15, 0.2) is 60.8 Å². The SMILES string of the molecule is C[C@@H](c1c[nH]c2ccccc12)[C@@H](NC(=O)N1CCC2(C=Cc3ccccc32)CC1)C(=O)NC[C@@H]1CCC[C@H](CN)C1. The molecule has 1 saturated heterocycles. The number of carbonyl (C=O) groups excluding carboxylic acids is 2. The van der Waals surface area contributed by atoms with Gasteiger partial charge in [0.05, 0.1) is 0 Å². The van der Waals surface area contributed by atoms with Gasteiger partial charge in [0.2, 0.25) is 5.91 Å². The van der Waals surface area contributed by atoms with Crippen LogP contribution < -0.4 is 16.4 Å². The fraction of sp³-hybridized carbons (Fsp3) is 0.471. The van der Waals surface area contributed by atoms with Crippen molar-refractivity contribution in [3.8, 4) is 0 Å². The van der Waals surface area contributed by atoms with Crippen LogP contribution in [0.4, 0.5) is 4.79 Å². The van der Waals surface area contributed by atoms with Gasteiger partial charge in [-0.2, -0.15) is 0 Å². The number of piperidine rings is 1. The van der Waals surface area contributed by atoms with E-state index >= 15 is 0 Å². The second-order valence-electron chi connectivity index (χ2n) is 12.4. The summed E-state index contributed by atoms with van der Waals surface area (Å²) >= 11 is 0. The lowest BCUT2D eigenvalue weighted by atomic mass is 9.74. The Bertz CT molecular complexity index is 1420. The molecule has 0 bridgehead atoms. The number of amides is 3. The standard InChI is InChI=1S/C34H43N5O2/c1-23(28-22-36-30-12-5-3-10-27(28)30)31(32(40)37-21-25-8-6-7-24(19-25)20-35)38-33(41)39-17-15-34(16-18-39)14-13-26-9-2-4-11-29(26)34/h2-5,9-14,22-25,31,36H,6-8,15-21,35H2,1H3,(H,37,40)(H,38,41)/t23-,24-,25+,31+/m0/s1. The number of benzene rings is 2. The van der Waals surface area contributed by atoms with E-state index in [1.54, 1.807) is 0 Å². The molecule has 7 heteroatoms. The number of rotatable bonds is 7. The van der Waals surface area contributed by atoms with Crippen molar-refractivity contribution in [2.24, 2.45) is 17.6 Å². The van der Waals surface area contributed by atoms with E-state index in [1.807, 2.05) is 36.2 Å². The van der Waals surface area contributed by atoms with Crippen molar-refractivity contribution < 1.29 is 9.59 Å². The van der Waals surface area contributed by atoms with E-state index in [-0.39, 0.29) is 23.3 Å². The number of nitrogens with two attached hydrogens (primary N) is 1. The summed E-state index contributed by atoms with van der Waals surface area (Å²) in [6, 6.07) is 15.8. The van der Waals surface area contributed by atoms with Gasteiger partial charge in [-0.1, -0.05) is 68.0 Å². The predicted molar refractivity (Wildman–Crippen MR) is 165 cm³/mol. The molecule has 2 aromatic carbocycles. The first-order valence-electron chi connectivity index (χ1n) is 15.4. The van der Waals surface area contributed by atoms with E-state index in [2.05, 4.69) is 58.1 Å². The van der Waals surface area contributed by atoms with Crippen molar-refractivity contribution in [3.05, 3.63) is 77.5 Å².